The summed E-state index contributed by atoms with van der Waals surface area (Å²) in [6.45, 7) is 1.84. The van der Waals surface area contributed by atoms with E-state index in [0.717, 1.165) is 0 Å². The number of halogens is 2. The number of aliphatic hydroxyl groups is 1. The molecule has 0 spiro atoms. The number of rotatable bonds is 6. The number of benzene rings is 1. The van der Waals surface area contributed by atoms with Gasteiger partial charge in [-0.05, 0) is 31.4 Å². The molecule has 1 rings (SSSR count). The van der Waals surface area contributed by atoms with Crippen LogP contribution in [-0.2, 0) is 0 Å². The third-order valence-electron chi connectivity index (χ3n) is 2.73. The second-order valence-electron chi connectivity index (χ2n) is 4.04. The molecule has 0 saturated heterocycles. The minimum absolute atomic E-state index is 0.00564. The van der Waals surface area contributed by atoms with Gasteiger partial charge >= 0.3 is 0 Å². The standard InChI is InChI=1S/C12H18F2N2OS/c1-7(11(6-17)18-2)16-10-4-3-8(15)5-9(10)12(13)14/h3-5,7,11-12,16-17H,6,15H2,1-2H3. The Hall–Kier alpha value is -1.01. The average Bonchev–Trinajstić information content (AvgIpc) is 2.32. The number of hydrogen-bond donors (Lipinski definition) is 3. The SMILES string of the molecule is CSC(CO)C(C)Nc1ccc(N)cc1C(F)F. The lowest BCUT2D eigenvalue weighted by molar-refractivity contribution is 0.152. The number of nitrogen functional groups attached to an aromatic ring is 1. The van der Waals surface area contributed by atoms with Crippen molar-refractivity contribution in [3.63, 3.8) is 0 Å². The van der Waals surface area contributed by atoms with Crippen LogP contribution in [0.1, 0.15) is 18.9 Å². The first-order valence-electron chi connectivity index (χ1n) is 5.57. The van der Waals surface area contributed by atoms with Crippen molar-refractivity contribution in [3.8, 4) is 0 Å². The van der Waals surface area contributed by atoms with Crippen LogP contribution in [0.15, 0.2) is 18.2 Å². The Morgan fingerprint density at radius 3 is 2.61 bits per heavy atom. The summed E-state index contributed by atoms with van der Waals surface area (Å²) >= 11 is 1.49. The topological polar surface area (TPSA) is 58.3 Å². The van der Waals surface area contributed by atoms with Gasteiger partial charge in [0, 0.05) is 28.2 Å². The summed E-state index contributed by atoms with van der Waals surface area (Å²) in [6, 6.07) is 4.27. The molecule has 1 aromatic carbocycles. The number of hydrogen-bond acceptors (Lipinski definition) is 4. The first-order valence-corrected chi connectivity index (χ1v) is 6.86. The van der Waals surface area contributed by atoms with Crippen LogP contribution in [0.3, 0.4) is 0 Å². The maximum atomic E-state index is 12.9. The summed E-state index contributed by atoms with van der Waals surface area (Å²) in [7, 11) is 0. The van der Waals surface area contributed by atoms with E-state index in [1.54, 1.807) is 12.1 Å². The van der Waals surface area contributed by atoms with E-state index in [1.807, 2.05) is 13.2 Å². The van der Waals surface area contributed by atoms with E-state index in [-0.39, 0.29) is 23.5 Å². The van der Waals surface area contributed by atoms with Crippen LogP contribution in [0.5, 0.6) is 0 Å². The van der Waals surface area contributed by atoms with Gasteiger partial charge in [-0.1, -0.05) is 0 Å². The second kappa shape index (κ2) is 6.80. The second-order valence-corrected chi connectivity index (χ2v) is 5.11. The van der Waals surface area contributed by atoms with E-state index >= 15 is 0 Å². The lowest BCUT2D eigenvalue weighted by atomic mass is 10.1. The lowest BCUT2D eigenvalue weighted by Gasteiger charge is -2.24. The van der Waals surface area contributed by atoms with Gasteiger partial charge in [0.15, 0.2) is 0 Å². The Morgan fingerprint density at radius 1 is 1.44 bits per heavy atom. The molecule has 0 amide bonds. The molecule has 0 aliphatic heterocycles. The molecule has 6 heteroatoms. The van der Waals surface area contributed by atoms with Gasteiger partial charge in [-0.15, -0.1) is 0 Å². The molecule has 0 saturated carbocycles. The molecular formula is C12H18F2N2OS. The van der Waals surface area contributed by atoms with E-state index < -0.39 is 6.43 Å². The van der Waals surface area contributed by atoms with E-state index in [9.17, 15) is 8.78 Å². The van der Waals surface area contributed by atoms with Crippen LogP contribution in [0.4, 0.5) is 20.2 Å². The predicted molar refractivity (Wildman–Crippen MR) is 73.3 cm³/mol. The zero-order chi connectivity index (χ0) is 13.7. The summed E-state index contributed by atoms with van der Waals surface area (Å²) in [5, 5.41) is 12.1. The lowest BCUT2D eigenvalue weighted by Crippen LogP contribution is -2.31. The summed E-state index contributed by atoms with van der Waals surface area (Å²) in [5.41, 5.74) is 6.06. The molecule has 0 heterocycles. The highest BCUT2D eigenvalue weighted by atomic mass is 32.2. The largest absolute Gasteiger partial charge is 0.399 e. The summed E-state index contributed by atoms with van der Waals surface area (Å²) < 4.78 is 25.7. The van der Waals surface area contributed by atoms with Crippen molar-refractivity contribution in [2.45, 2.75) is 24.6 Å². The number of anilines is 2. The Bertz CT molecular complexity index is 386. The molecule has 1 aromatic rings. The van der Waals surface area contributed by atoms with Crippen molar-refractivity contribution in [3.05, 3.63) is 23.8 Å². The maximum Gasteiger partial charge on any atom is 0.265 e. The van der Waals surface area contributed by atoms with Crippen LogP contribution >= 0.6 is 11.8 Å². The van der Waals surface area contributed by atoms with E-state index in [2.05, 4.69) is 5.32 Å². The van der Waals surface area contributed by atoms with Gasteiger partial charge in [-0.25, -0.2) is 8.78 Å². The van der Waals surface area contributed by atoms with E-state index in [4.69, 9.17) is 10.8 Å². The molecule has 2 unspecified atom stereocenters. The molecule has 2 atom stereocenters. The van der Waals surface area contributed by atoms with Gasteiger partial charge in [-0.3, -0.25) is 0 Å². The summed E-state index contributed by atoms with van der Waals surface area (Å²) in [6.07, 6.45) is -0.708. The molecule has 0 aromatic heterocycles. The summed E-state index contributed by atoms with van der Waals surface area (Å²) in [4.78, 5) is 0. The highest BCUT2D eigenvalue weighted by molar-refractivity contribution is 7.99. The average molecular weight is 276 g/mol. The molecule has 0 aliphatic rings. The van der Waals surface area contributed by atoms with Crippen molar-refractivity contribution < 1.29 is 13.9 Å². The Morgan fingerprint density at radius 2 is 2.11 bits per heavy atom. The van der Waals surface area contributed by atoms with Gasteiger partial charge < -0.3 is 16.2 Å². The molecule has 18 heavy (non-hydrogen) atoms. The molecule has 0 aliphatic carbocycles. The predicted octanol–water partition coefficient (Wildman–Crippen LogP) is 2.73. The highest BCUT2D eigenvalue weighted by Gasteiger charge is 2.19. The van der Waals surface area contributed by atoms with Crippen molar-refractivity contribution in [2.75, 3.05) is 23.9 Å². The third-order valence-corrected chi connectivity index (χ3v) is 3.90. The van der Waals surface area contributed by atoms with Crippen molar-refractivity contribution >= 4 is 23.1 Å². The minimum atomic E-state index is -2.58. The first kappa shape index (κ1) is 15.0. The van der Waals surface area contributed by atoms with Crippen LogP contribution in [0, 0.1) is 0 Å². The minimum Gasteiger partial charge on any atom is -0.399 e. The fraction of sp³-hybridized carbons (Fsp3) is 0.500. The third kappa shape index (κ3) is 3.74. The van der Waals surface area contributed by atoms with Gasteiger partial charge in [0.2, 0.25) is 0 Å². The normalized spacial score (nSPS) is 14.6. The number of nitrogens with two attached hydrogens (primary N) is 1. The zero-order valence-electron chi connectivity index (χ0n) is 10.4. The maximum absolute atomic E-state index is 12.9. The number of thioether (sulfide) groups is 1. The zero-order valence-corrected chi connectivity index (χ0v) is 11.2. The molecule has 102 valence electrons. The molecule has 0 bridgehead atoms. The molecule has 4 N–H and O–H groups in total. The van der Waals surface area contributed by atoms with Crippen molar-refractivity contribution in [1.82, 2.24) is 0 Å². The molecular weight excluding hydrogens is 258 g/mol. The van der Waals surface area contributed by atoms with E-state index in [0.29, 0.717) is 11.4 Å². The van der Waals surface area contributed by atoms with Gasteiger partial charge in [0.25, 0.3) is 6.43 Å². The number of aliphatic hydroxyl groups excluding tert-OH is 1. The Labute approximate surface area is 110 Å². The van der Waals surface area contributed by atoms with Crippen molar-refractivity contribution in [1.29, 1.82) is 0 Å². The van der Waals surface area contributed by atoms with Crippen LogP contribution < -0.4 is 11.1 Å². The van der Waals surface area contributed by atoms with Crippen LogP contribution in [-0.4, -0.2) is 29.3 Å². The highest BCUT2D eigenvalue weighted by Crippen LogP contribution is 2.30. The first-order chi connectivity index (χ1) is 8.49. The van der Waals surface area contributed by atoms with E-state index in [1.165, 1.54) is 17.8 Å². The Kier molecular flexibility index (Phi) is 5.68. The van der Waals surface area contributed by atoms with Crippen molar-refractivity contribution in [2.24, 2.45) is 0 Å². The molecule has 0 fully saturated rings. The fourth-order valence-electron chi connectivity index (χ4n) is 1.67. The Balaban J connectivity index is 2.90. The van der Waals surface area contributed by atoms with Crippen LogP contribution in [0.2, 0.25) is 0 Å². The number of nitrogens with one attached hydrogen (secondary N) is 1. The number of alkyl halides is 2. The fourth-order valence-corrected chi connectivity index (χ4v) is 2.29. The molecule has 0 radical (unpaired) electrons. The smallest absolute Gasteiger partial charge is 0.265 e. The van der Waals surface area contributed by atoms with Crippen LogP contribution in [0.25, 0.3) is 0 Å². The quantitative estimate of drug-likeness (QED) is 0.699. The monoisotopic (exact) mass is 276 g/mol. The van der Waals surface area contributed by atoms with Gasteiger partial charge in [0.1, 0.15) is 0 Å². The van der Waals surface area contributed by atoms with Gasteiger partial charge in [-0.2, -0.15) is 11.8 Å². The van der Waals surface area contributed by atoms with Gasteiger partial charge in [0.05, 0.1) is 6.61 Å². The molecule has 3 nitrogen and oxygen atoms in total. The summed E-state index contributed by atoms with van der Waals surface area (Å²) in [5.74, 6) is 0.